The number of amides is 1. The average molecular weight is 432 g/mol. The van der Waals surface area contributed by atoms with Gasteiger partial charge < -0.3 is 14.8 Å². The van der Waals surface area contributed by atoms with Gasteiger partial charge in [-0.3, -0.25) is 4.79 Å². The third-order valence-corrected chi connectivity index (χ3v) is 6.97. The molecular weight excluding hydrogens is 401 g/mol. The van der Waals surface area contributed by atoms with E-state index in [9.17, 15) is 4.79 Å². The van der Waals surface area contributed by atoms with Crippen molar-refractivity contribution in [3.8, 4) is 11.5 Å². The molecule has 9 heteroatoms. The molecule has 1 aromatic carbocycles. The smallest absolute Gasteiger partial charge is 0.258 e. The number of aromatic amines is 1. The van der Waals surface area contributed by atoms with Crippen LogP contribution >= 0.6 is 0 Å². The van der Waals surface area contributed by atoms with Crippen LogP contribution in [0.5, 0.6) is 11.5 Å². The molecular formula is C22H30FN5O3. The van der Waals surface area contributed by atoms with Gasteiger partial charge in [-0.25, -0.2) is 4.39 Å². The van der Waals surface area contributed by atoms with Gasteiger partial charge in [-0.15, -0.1) is 10.2 Å². The largest absolute Gasteiger partial charge is 0.496 e. The van der Waals surface area contributed by atoms with E-state index in [2.05, 4.69) is 39.8 Å². The second kappa shape index (κ2) is 8.43. The molecule has 0 atom stereocenters. The number of hydrogen-bond donors (Lipinski definition) is 2. The summed E-state index contributed by atoms with van der Waals surface area (Å²) in [5.41, 5.74) is -0.176. The summed E-state index contributed by atoms with van der Waals surface area (Å²) in [5.74, 6) is -0.174. The summed E-state index contributed by atoms with van der Waals surface area (Å²) in [6, 6.07) is 3.12. The van der Waals surface area contributed by atoms with Crippen LogP contribution in [-0.2, 0) is 5.41 Å². The first-order valence-corrected chi connectivity index (χ1v) is 10.9. The van der Waals surface area contributed by atoms with Crippen molar-refractivity contribution in [1.82, 2.24) is 25.9 Å². The van der Waals surface area contributed by atoms with E-state index in [0.717, 1.165) is 38.5 Å². The number of H-pyrrole nitrogens is 1. The maximum absolute atomic E-state index is 15.3. The summed E-state index contributed by atoms with van der Waals surface area (Å²) >= 11 is 0. The van der Waals surface area contributed by atoms with E-state index in [1.165, 1.54) is 19.6 Å². The molecule has 31 heavy (non-hydrogen) atoms. The normalized spacial score (nSPS) is 24.8. The molecule has 0 unspecified atom stereocenters. The van der Waals surface area contributed by atoms with E-state index in [1.54, 1.807) is 6.07 Å². The Morgan fingerprint density at radius 2 is 1.94 bits per heavy atom. The number of rotatable bonds is 7. The van der Waals surface area contributed by atoms with Crippen LogP contribution < -0.4 is 14.8 Å². The number of carbonyl (C=O) groups excluding carboxylic acids is 1. The van der Waals surface area contributed by atoms with Crippen molar-refractivity contribution in [2.24, 2.45) is 5.41 Å². The quantitative estimate of drug-likeness (QED) is 0.695. The number of nitrogens with one attached hydrogen (secondary N) is 2. The maximum atomic E-state index is 15.3. The summed E-state index contributed by atoms with van der Waals surface area (Å²) < 4.78 is 26.6. The summed E-state index contributed by atoms with van der Waals surface area (Å²) in [6.45, 7) is 4.76. The number of carbonyl (C=O) groups is 1. The highest BCUT2D eigenvalue weighted by atomic mass is 19.1. The number of benzene rings is 1. The highest BCUT2D eigenvalue weighted by molar-refractivity contribution is 5.97. The van der Waals surface area contributed by atoms with Gasteiger partial charge in [0, 0.05) is 12.0 Å². The van der Waals surface area contributed by atoms with Crippen LogP contribution in [0.15, 0.2) is 12.1 Å². The first-order chi connectivity index (χ1) is 14.8. The lowest BCUT2D eigenvalue weighted by molar-refractivity contribution is 0.0877. The van der Waals surface area contributed by atoms with Gasteiger partial charge in [-0.2, -0.15) is 5.21 Å². The number of tetrazole rings is 1. The molecule has 4 rings (SSSR count). The van der Waals surface area contributed by atoms with Gasteiger partial charge in [0.2, 0.25) is 0 Å². The predicted octanol–water partition coefficient (Wildman–Crippen LogP) is 3.55. The minimum atomic E-state index is -0.679. The summed E-state index contributed by atoms with van der Waals surface area (Å²) in [5, 5.41) is 17.3. The Morgan fingerprint density at radius 1 is 1.23 bits per heavy atom. The van der Waals surface area contributed by atoms with Crippen molar-refractivity contribution in [3.05, 3.63) is 29.3 Å². The first-order valence-electron chi connectivity index (χ1n) is 10.9. The fourth-order valence-corrected chi connectivity index (χ4v) is 4.52. The Labute approximate surface area is 181 Å². The molecule has 2 saturated carbocycles. The van der Waals surface area contributed by atoms with Gasteiger partial charge in [0.05, 0.1) is 13.2 Å². The first kappa shape index (κ1) is 21.5. The zero-order chi connectivity index (χ0) is 22.1. The topological polar surface area (TPSA) is 102 Å². The van der Waals surface area contributed by atoms with Crippen LogP contribution in [-0.4, -0.2) is 46.3 Å². The second-order valence-corrected chi connectivity index (χ2v) is 9.42. The Morgan fingerprint density at radius 3 is 2.52 bits per heavy atom. The van der Waals surface area contributed by atoms with Crippen LogP contribution in [0, 0.1) is 11.2 Å². The van der Waals surface area contributed by atoms with Gasteiger partial charge in [-0.05, 0) is 56.1 Å². The third-order valence-electron chi connectivity index (χ3n) is 6.97. The number of ether oxygens (including phenoxy) is 2. The van der Waals surface area contributed by atoms with E-state index in [1.807, 2.05) is 0 Å². The Hall–Kier alpha value is -2.71. The van der Waals surface area contributed by atoms with Crippen molar-refractivity contribution < 1.29 is 18.7 Å². The lowest BCUT2D eigenvalue weighted by Crippen LogP contribution is -2.40. The van der Waals surface area contributed by atoms with E-state index >= 15 is 4.39 Å². The summed E-state index contributed by atoms with van der Waals surface area (Å²) in [7, 11) is 1.43. The van der Waals surface area contributed by atoms with Crippen LogP contribution in [0.3, 0.4) is 0 Å². The molecule has 2 aliphatic carbocycles. The molecule has 2 N–H and O–H groups in total. The number of hydrogen-bond acceptors (Lipinski definition) is 6. The standard InChI is InChI=1S/C22H30FN5O3/c1-21(9-4-10-21)13-24-19(29)17-15(30-3)5-6-16(18(17)23)31-14-7-11-22(2,12-8-14)20-25-27-28-26-20/h5-6,14H,4,7-13H2,1-3H3,(H,24,29)(H,25,26,27,28). The number of methoxy groups -OCH3 is 1. The molecule has 1 aromatic heterocycles. The van der Waals surface area contributed by atoms with Crippen molar-refractivity contribution in [1.29, 1.82) is 0 Å². The molecule has 1 amide bonds. The van der Waals surface area contributed by atoms with Gasteiger partial charge in [0.25, 0.3) is 5.91 Å². The minimum absolute atomic E-state index is 0.0778. The van der Waals surface area contributed by atoms with Gasteiger partial charge in [0.1, 0.15) is 11.3 Å². The van der Waals surface area contributed by atoms with E-state index in [4.69, 9.17) is 9.47 Å². The molecule has 0 saturated heterocycles. The molecule has 2 aromatic rings. The molecule has 1 heterocycles. The van der Waals surface area contributed by atoms with Crippen LogP contribution in [0.1, 0.15) is 75.0 Å². The van der Waals surface area contributed by atoms with Crippen LogP contribution in [0.25, 0.3) is 0 Å². The summed E-state index contributed by atoms with van der Waals surface area (Å²) in [4.78, 5) is 12.8. The van der Waals surface area contributed by atoms with Crippen molar-refractivity contribution in [2.45, 2.75) is 70.3 Å². The van der Waals surface area contributed by atoms with Gasteiger partial charge in [-0.1, -0.05) is 25.5 Å². The molecule has 0 spiro atoms. The second-order valence-electron chi connectivity index (χ2n) is 9.42. The molecule has 168 valence electrons. The minimum Gasteiger partial charge on any atom is -0.496 e. The van der Waals surface area contributed by atoms with Crippen LogP contribution in [0.2, 0.25) is 0 Å². The Bertz CT molecular complexity index is 921. The lowest BCUT2D eigenvalue weighted by Gasteiger charge is -2.38. The molecule has 0 bridgehead atoms. The molecule has 2 fully saturated rings. The highest BCUT2D eigenvalue weighted by Crippen LogP contribution is 2.40. The van der Waals surface area contributed by atoms with E-state index in [-0.39, 0.29) is 34.0 Å². The average Bonchev–Trinajstić information content (AvgIpc) is 3.29. The zero-order valence-electron chi connectivity index (χ0n) is 18.3. The Balaban J connectivity index is 1.44. The number of halogens is 1. The monoisotopic (exact) mass is 431 g/mol. The van der Waals surface area contributed by atoms with Gasteiger partial charge >= 0.3 is 0 Å². The Kier molecular flexibility index (Phi) is 5.85. The molecule has 0 radical (unpaired) electrons. The number of aromatic nitrogens is 4. The fourth-order valence-electron chi connectivity index (χ4n) is 4.52. The van der Waals surface area contributed by atoms with Crippen LogP contribution in [0.4, 0.5) is 4.39 Å². The summed E-state index contributed by atoms with van der Waals surface area (Å²) in [6.07, 6.45) is 6.24. The third kappa shape index (κ3) is 4.36. The number of nitrogens with zero attached hydrogens (tertiary/aromatic N) is 3. The molecule has 2 aliphatic rings. The zero-order valence-corrected chi connectivity index (χ0v) is 18.3. The predicted molar refractivity (Wildman–Crippen MR) is 112 cm³/mol. The van der Waals surface area contributed by atoms with Crippen molar-refractivity contribution in [2.75, 3.05) is 13.7 Å². The van der Waals surface area contributed by atoms with Crippen molar-refractivity contribution in [3.63, 3.8) is 0 Å². The SMILES string of the molecule is COc1ccc(OC2CCC(C)(c3nn[nH]n3)CC2)c(F)c1C(=O)NCC1(C)CCC1. The lowest BCUT2D eigenvalue weighted by atomic mass is 9.70. The maximum Gasteiger partial charge on any atom is 0.258 e. The van der Waals surface area contributed by atoms with E-state index in [0.29, 0.717) is 12.4 Å². The van der Waals surface area contributed by atoms with Gasteiger partial charge in [0.15, 0.2) is 17.4 Å². The molecule has 8 nitrogen and oxygen atoms in total. The fraction of sp³-hybridized carbons (Fsp3) is 0.636. The van der Waals surface area contributed by atoms with E-state index < -0.39 is 11.7 Å². The molecule has 0 aliphatic heterocycles. The highest BCUT2D eigenvalue weighted by Gasteiger charge is 2.37. The van der Waals surface area contributed by atoms with Crippen molar-refractivity contribution >= 4 is 5.91 Å².